The van der Waals surface area contributed by atoms with Crippen LogP contribution in [0.5, 0.6) is 0 Å². The van der Waals surface area contributed by atoms with E-state index in [0.29, 0.717) is 24.5 Å². The summed E-state index contributed by atoms with van der Waals surface area (Å²) in [5.74, 6) is -2.44. The zero-order valence-corrected chi connectivity index (χ0v) is 18.5. The second-order valence-electron chi connectivity index (χ2n) is 7.70. The fourth-order valence-electron chi connectivity index (χ4n) is 3.67. The summed E-state index contributed by atoms with van der Waals surface area (Å²) < 4.78 is 29.0. The molecule has 2 aromatic carbocycles. The van der Waals surface area contributed by atoms with E-state index in [0.717, 1.165) is 35.4 Å². The van der Waals surface area contributed by atoms with Crippen LogP contribution in [0.25, 0.3) is 11.4 Å². The SMILES string of the molecule is O=C1SCC(/C=C/C(O)C(F)(F)c2ccccc2)N1CCCc1cccc(-c2nn[nH]n2)c1. The van der Waals surface area contributed by atoms with Gasteiger partial charge in [0.15, 0.2) is 0 Å². The Morgan fingerprint density at radius 3 is 2.82 bits per heavy atom. The predicted molar refractivity (Wildman–Crippen MR) is 122 cm³/mol. The molecule has 1 aliphatic rings. The number of nitrogens with zero attached hydrogens (tertiary/aromatic N) is 4. The van der Waals surface area contributed by atoms with Gasteiger partial charge >= 0.3 is 5.92 Å². The van der Waals surface area contributed by atoms with Gasteiger partial charge in [-0.25, -0.2) is 0 Å². The number of nitrogens with one attached hydrogen (secondary N) is 1. The lowest BCUT2D eigenvalue weighted by Gasteiger charge is -2.23. The van der Waals surface area contributed by atoms with E-state index < -0.39 is 12.0 Å². The number of thioether (sulfide) groups is 1. The third kappa shape index (κ3) is 5.45. The van der Waals surface area contributed by atoms with Crippen LogP contribution in [0.15, 0.2) is 66.7 Å². The number of carbonyl (C=O) groups is 1. The molecule has 0 saturated carbocycles. The number of alkyl halides is 2. The third-order valence-electron chi connectivity index (χ3n) is 5.45. The average Bonchev–Trinajstić information content (AvgIpc) is 3.49. The fraction of sp³-hybridized carbons (Fsp3) is 0.304. The van der Waals surface area contributed by atoms with Crippen LogP contribution in [-0.4, -0.2) is 60.3 Å². The molecule has 10 heteroatoms. The number of benzene rings is 2. The summed E-state index contributed by atoms with van der Waals surface area (Å²) in [6.45, 7) is 0.485. The number of amides is 1. The Morgan fingerprint density at radius 1 is 1.24 bits per heavy atom. The summed E-state index contributed by atoms with van der Waals surface area (Å²) in [7, 11) is 0. The van der Waals surface area contributed by atoms with Gasteiger partial charge in [0.25, 0.3) is 5.24 Å². The van der Waals surface area contributed by atoms with Gasteiger partial charge in [0.2, 0.25) is 5.82 Å². The Morgan fingerprint density at radius 2 is 2.06 bits per heavy atom. The standard InChI is InChI=1S/C23H23F2N5O2S/c24-23(25,18-9-2-1-3-10-18)20(31)12-11-19-15-33-22(32)30(19)13-5-7-16-6-4-8-17(14-16)21-26-28-29-27-21/h1-4,6,8-12,14,19-20,31H,5,7,13,15H2,(H,26,27,28,29)/b12-11+. The molecular weight excluding hydrogens is 448 g/mol. The normalized spacial score (nSPS) is 17.7. The number of tetrazole rings is 1. The summed E-state index contributed by atoms with van der Waals surface area (Å²) in [5, 5.41) is 24.0. The van der Waals surface area contributed by atoms with Gasteiger partial charge in [-0.05, 0) is 29.7 Å². The minimum Gasteiger partial charge on any atom is -0.382 e. The maximum Gasteiger partial charge on any atom is 0.302 e. The molecule has 1 aromatic heterocycles. The van der Waals surface area contributed by atoms with E-state index in [1.165, 1.54) is 30.3 Å². The van der Waals surface area contributed by atoms with Gasteiger partial charge in [-0.1, -0.05) is 72.4 Å². The van der Waals surface area contributed by atoms with E-state index in [-0.39, 0.29) is 16.8 Å². The Balaban J connectivity index is 1.35. The second kappa shape index (κ2) is 10.2. The number of aliphatic hydroxyl groups is 1. The molecule has 172 valence electrons. The molecule has 1 amide bonds. The molecule has 0 spiro atoms. The van der Waals surface area contributed by atoms with Crippen molar-refractivity contribution in [3.8, 4) is 11.4 Å². The number of hydrogen-bond donors (Lipinski definition) is 2. The monoisotopic (exact) mass is 471 g/mol. The highest BCUT2D eigenvalue weighted by Crippen LogP contribution is 2.33. The number of aliphatic hydroxyl groups excluding tert-OH is 1. The maximum absolute atomic E-state index is 14.5. The van der Waals surface area contributed by atoms with Crippen LogP contribution in [0, 0.1) is 0 Å². The zero-order chi connectivity index (χ0) is 23.3. The van der Waals surface area contributed by atoms with Crippen LogP contribution in [0.1, 0.15) is 17.5 Å². The molecule has 0 aliphatic carbocycles. The van der Waals surface area contributed by atoms with Crippen LogP contribution in [-0.2, 0) is 12.3 Å². The van der Waals surface area contributed by atoms with Crippen molar-refractivity contribution in [2.75, 3.05) is 12.3 Å². The van der Waals surface area contributed by atoms with E-state index in [4.69, 9.17) is 0 Å². The summed E-state index contributed by atoms with van der Waals surface area (Å²) >= 11 is 1.16. The quantitative estimate of drug-likeness (QED) is 0.458. The minimum absolute atomic E-state index is 0.0884. The number of rotatable bonds is 9. The Hall–Kier alpha value is -3.11. The summed E-state index contributed by atoms with van der Waals surface area (Å²) in [6, 6.07) is 14.7. The topological polar surface area (TPSA) is 95.0 Å². The molecule has 0 radical (unpaired) electrons. The molecule has 2 unspecified atom stereocenters. The molecule has 2 heterocycles. The van der Waals surface area contributed by atoms with Crippen molar-refractivity contribution < 1.29 is 18.7 Å². The van der Waals surface area contributed by atoms with Crippen molar-refractivity contribution in [1.29, 1.82) is 0 Å². The van der Waals surface area contributed by atoms with Crippen molar-refractivity contribution in [3.63, 3.8) is 0 Å². The molecule has 0 bridgehead atoms. The van der Waals surface area contributed by atoms with Gasteiger partial charge in [0.1, 0.15) is 6.10 Å². The summed E-state index contributed by atoms with van der Waals surface area (Å²) in [4.78, 5) is 14.0. The first-order valence-corrected chi connectivity index (χ1v) is 11.5. The second-order valence-corrected chi connectivity index (χ2v) is 8.67. The van der Waals surface area contributed by atoms with Gasteiger partial charge in [-0.3, -0.25) is 4.79 Å². The van der Waals surface area contributed by atoms with E-state index >= 15 is 0 Å². The van der Waals surface area contributed by atoms with Crippen LogP contribution in [0.3, 0.4) is 0 Å². The summed E-state index contributed by atoms with van der Waals surface area (Å²) in [5.41, 5.74) is 1.67. The van der Waals surface area contributed by atoms with Crippen molar-refractivity contribution in [3.05, 3.63) is 77.9 Å². The number of carbonyl (C=O) groups excluding carboxylic acids is 1. The van der Waals surface area contributed by atoms with Gasteiger partial charge in [0.05, 0.1) is 6.04 Å². The Labute approximate surface area is 193 Å². The number of aryl methyl sites for hydroxylation is 1. The number of aromatic nitrogens is 4. The first kappa shape index (κ1) is 23.1. The molecule has 2 N–H and O–H groups in total. The third-order valence-corrected chi connectivity index (χ3v) is 6.44. The van der Waals surface area contributed by atoms with E-state index in [1.807, 2.05) is 24.3 Å². The lowest BCUT2D eigenvalue weighted by molar-refractivity contribution is -0.0929. The minimum atomic E-state index is -3.41. The number of aromatic amines is 1. The van der Waals surface area contributed by atoms with Crippen molar-refractivity contribution in [2.45, 2.75) is 30.9 Å². The molecule has 4 rings (SSSR count). The zero-order valence-electron chi connectivity index (χ0n) is 17.6. The van der Waals surface area contributed by atoms with E-state index in [1.54, 1.807) is 11.0 Å². The number of halogens is 2. The highest BCUT2D eigenvalue weighted by Gasteiger charge is 2.39. The van der Waals surface area contributed by atoms with Crippen molar-refractivity contribution in [1.82, 2.24) is 25.5 Å². The van der Waals surface area contributed by atoms with Gasteiger partial charge in [-0.2, -0.15) is 14.0 Å². The molecule has 3 aromatic rings. The lowest BCUT2D eigenvalue weighted by atomic mass is 10.0. The average molecular weight is 472 g/mol. The molecular formula is C23H23F2N5O2S. The molecule has 1 saturated heterocycles. The first-order valence-electron chi connectivity index (χ1n) is 10.5. The Kier molecular flexibility index (Phi) is 7.14. The lowest BCUT2D eigenvalue weighted by Crippen LogP contribution is -2.34. The molecule has 33 heavy (non-hydrogen) atoms. The van der Waals surface area contributed by atoms with Crippen LogP contribution >= 0.6 is 11.8 Å². The van der Waals surface area contributed by atoms with Crippen LogP contribution in [0.2, 0.25) is 0 Å². The van der Waals surface area contributed by atoms with E-state index in [9.17, 15) is 18.7 Å². The highest BCUT2D eigenvalue weighted by molar-refractivity contribution is 8.13. The highest BCUT2D eigenvalue weighted by atomic mass is 32.2. The van der Waals surface area contributed by atoms with Crippen molar-refractivity contribution >= 4 is 17.0 Å². The molecule has 1 aliphatic heterocycles. The van der Waals surface area contributed by atoms with E-state index in [2.05, 4.69) is 20.6 Å². The summed E-state index contributed by atoms with van der Waals surface area (Å²) in [6.07, 6.45) is 2.06. The largest absolute Gasteiger partial charge is 0.382 e. The van der Waals surface area contributed by atoms with Gasteiger partial charge in [-0.15, -0.1) is 10.2 Å². The maximum atomic E-state index is 14.5. The molecule has 7 nitrogen and oxygen atoms in total. The molecule has 1 fully saturated rings. The number of H-pyrrole nitrogens is 1. The van der Waals surface area contributed by atoms with Crippen LogP contribution < -0.4 is 0 Å². The smallest absolute Gasteiger partial charge is 0.302 e. The molecule has 2 atom stereocenters. The van der Waals surface area contributed by atoms with Gasteiger partial charge in [0, 0.05) is 23.4 Å². The van der Waals surface area contributed by atoms with Crippen LogP contribution in [0.4, 0.5) is 13.6 Å². The Bertz CT molecular complexity index is 1100. The van der Waals surface area contributed by atoms with Gasteiger partial charge < -0.3 is 10.0 Å². The first-order chi connectivity index (χ1) is 15.9. The van der Waals surface area contributed by atoms with Crippen molar-refractivity contribution in [2.24, 2.45) is 0 Å². The fourth-order valence-corrected chi connectivity index (χ4v) is 4.67. The predicted octanol–water partition coefficient (Wildman–Crippen LogP) is 4.05. The number of hydrogen-bond acceptors (Lipinski definition) is 6.